The van der Waals surface area contributed by atoms with Gasteiger partial charge in [0, 0.05) is 24.3 Å². The number of carbonyl (C=O) groups excluding carboxylic acids is 2. The van der Waals surface area contributed by atoms with Gasteiger partial charge in [0.1, 0.15) is 0 Å². The Balaban J connectivity index is 1.61. The number of benzene rings is 1. The largest absolute Gasteiger partial charge is 0.326 e. The van der Waals surface area contributed by atoms with Crippen LogP contribution in [-0.2, 0) is 16.0 Å². The highest BCUT2D eigenvalue weighted by atomic mass is 32.1. The summed E-state index contributed by atoms with van der Waals surface area (Å²) in [6.07, 6.45) is 1.92. The molecule has 0 unspecified atom stereocenters. The average molecular weight is 300 g/mol. The number of hydrogen-bond donors (Lipinski definition) is 1. The summed E-state index contributed by atoms with van der Waals surface area (Å²) in [4.78, 5) is 25.4. The van der Waals surface area contributed by atoms with Gasteiger partial charge in [0.05, 0.1) is 6.42 Å². The van der Waals surface area contributed by atoms with Gasteiger partial charge in [0.15, 0.2) is 0 Å². The molecule has 0 saturated carbocycles. The van der Waals surface area contributed by atoms with Crippen LogP contribution in [0.3, 0.4) is 0 Å². The lowest BCUT2D eigenvalue weighted by molar-refractivity contribution is -0.117. The number of thiophene rings is 1. The zero-order valence-corrected chi connectivity index (χ0v) is 12.4. The second kappa shape index (κ2) is 6.10. The summed E-state index contributed by atoms with van der Waals surface area (Å²) >= 11 is 1.59. The van der Waals surface area contributed by atoms with Crippen LogP contribution in [0.1, 0.15) is 18.4 Å². The predicted octanol–water partition coefficient (Wildman–Crippen LogP) is 3.06. The van der Waals surface area contributed by atoms with Crippen molar-refractivity contribution in [3.8, 4) is 0 Å². The Morgan fingerprint density at radius 2 is 2.05 bits per heavy atom. The third-order valence-electron chi connectivity index (χ3n) is 3.48. The molecule has 5 heteroatoms. The van der Waals surface area contributed by atoms with E-state index in [-0.39, 0.29) is 11.8 Å². The van der Waals surface area contributed by atoms with E-state index in [9.17, 15) is 9.59 Å². The molecular weight excluding hydrogens is 284 g/mol. The van der Waals surface area contributed by atoms with E-state index in [0.717, 1.165) is 29.9 Å². The molecule has 2 aromatic rings. The molecule has 0 spiro atoms. The molecule has 0 bridgehead atoms. The zero-order chi connectivity index (χ0) is 14.7. The van der Waals surface area contributed by atoms with Crippen LogP contribution < -0.4 is 10.2 Å². The fraction of sp³-hybridized carbons (Fsp3) is 0.250. The molecule has 1 N–H and O–H groups in total. The highest BCUT2D eigenvalue weighted by Crippen LogP contribution is 2.23. The number of anilines is 2. The van der Waals surface area contributed by atoms with Crippen LogP contribution in [0, 0.1) is 0 Å². The Kier molecular flexibility index (Phi) is 4.01. The van der Waals surface area contributed by atoms with Gasteiger partial charge in [-0.1, -0.05) is 0 Å². The molecule has 4 nitrogen and oxygen atoms in total. The van der Waals surface area contributed by atoms with Gasteiger partial charge in [0.25, 0.3) is 0 Å². The molecule has 1 saturated heterocycles. The Labute approximate surface area is 127 Å². The van der Waals surface area contributed by atoms with Crippen molar-refractivity contribution >= 4 is 34.5 Å². The minimum absolute atomic E-state index is 0.0293. The van der Waals surface area contributed by atoms with E-state index in [4.69, 9.17) is 0 Å². The number of amides is 2. The maximum atomic E-state index is 11.9. The molecule has 1 aliphatic heterocycles. The van der Waals surface area contributed by atoms with Gasteiger partial charge < -0.3 is 10.2 Å². The number of carbonyl (C=O) groups is 2. The first-order valence-corrected chi connectivity index (χ1v) is 7.88. The molecule has 1 aliphatic rings. The second-order valence-corrected chi connectivity index (χ2v) is 5.83. The molecule has 0 atom stereocenters. The van der Waals surface area contributed by atoms with Crippen LogP contribution >= 0.6 is 11.3 Å². The second-order valence-electron chi connectivity index (χ2n) is 5.05. The molecule has 21 heavy (non-hydrogen) atoms. The van der Waals surface area contributed by atoms with Crippen LogP contribution in [0.15, 0.2) is 41.1 Å². The predicted molar refractivity (Wildman–Crippen MR) is 84.7 cm³/mol. The molecule has 3 rings (SSSR count). The van der Waals surface area contributed by atoms with Crippen molar-refractivity contribution in [2.75, 3.05) is 16.8 Å². The van der Waals surface area contributed by atoms with Crippen molar-refractivity contribution in [1.82, 2.24) is 0 Å². The Morgan fingerprint density at radius 3 is 2.67 bits per heavy atom. The Morgan fingerprint density at radius 1 is 1.24 bits per heavy atom. The number of nitrogens with one attached hydrogen (secondary N) is 1. The fourth-order valence-electron chi connectivity index (χ4n) is 2.43. The molecule has 2 amide bonds. The molecule has 1 fully saturated rings. The zero-order valence-electron chi connectivity index (χ0n) is 11.5. The van der Waals surface area contributed by atoms with E-state index in [1.807, 2.05) is 41.1 Å². The fourth-order valence-corrected chi connectivity index (χ4v) is 3.10. The minimum Gasteiger partial charge on any atom is -0.326 e. The molecule has 1 aromatic heterocycles. The normalized spacial score (nSPS) is 14.5. The summed E-state index contributed by atoms with van der Waals surface area (Å²) in [7, 11) is 0. The number of nitrogens with zero attached hydrogens (tertiary/aromatic N) is 1. The summed E-state index contributed by atoms with van der Waals surface area (Å²) in [6.45, 7) is 0.780. The van der Waals surface area contributed by atoms with E-state index >= 15 is 0 Å². The van der Waals surface area contributed by atoms with Gasteiger partial charge >= 0.3 is 0 Å². The first kappa shape index (κ1) is 13.8. The van der Waals surface area contributed by atoms with Crippen LogP contribution in [0.5, 0.6) is 0 Å². The Bertz CT molecular complexity index is 635. The maximum Gasteiger partial charge on any atom is 0.228 e. The lowest BCUT2D eigenvalue weighted by Gasteiger charge is -2.16. The highest BCUT2D eigenvalue weighted by Gasteiger charge is 2.21. The highest BCUT2D eigenvalue weighted by molar-refractivity contribution is 7.08. The molecule has 0 radical (unpaired) electrons. The first-order chi connectivity index (χ1) is 10.2. The molecule has 1 aromatic carbocycles. The van der Waals surface area contributed by atoms with Gasteiger partial charge in [-0.3, -0.25) is 9.59 Å². The van der Waals surface area contributed by atoms with E-state index in [0.29, 0.717) is 12.8 Å². The molecule has 108 valence electrons. The quantitative estimate of drug-likeness (QED) is 0.943. The number of hydrogen-bond acceptors (Lipinski definition) is 3. The van der Waals surface area contributed by atoms with E-state index in [1.165, 1.54) is 0 Å². The van der Waals surface area contributed by atoms with Crippen molar-refractivity contribution in [2.24, 2.45) is 0 Å². The van der Waals surface area contributed by atoms with Crippen LogP contribution in [0.2, 0.25) is 0 Å². The van der Waals surface area contributed by atoms with Crippen molar-refractivity contribution < 1.29 is 9.59 Å². The van der Waals surface area contributed by atoms with E-state index < -0.39 is 0 Å². The summed E-state index contributed by atoms with van der Waals surface area (Å²) < 4.78 is 0. The summed E-state index contributed by atoms with van der Waals surface area (Å²) in [6, 6.07) is 9.39. The lowest BCUT2D eigenvalue weighted by atomic mass is 10.2. The van der Waals surface area contributed by atoms with Crippen LogP contribution in [-0.4, -0.2) is 18.4 Å². The van der Waals surface area contributed by atoms with Crippen molar-refractivity contribution in [2.45, 2.75) is 19.3 Å². The standard InChI is InChI=1S/C16H16N2O2S/c19-15(10-12-7-9-21-11-12)17-13-3-5-14(6-4-13)18-8-1-2-16(18)20/h3-7,9,11H,1-2,8,10H2,(H,17,19). The first-order valence-electron chi connectivity index (χ1n) is 6.94. The summed E-state index contributed by atoms with van der Waals surface area (Å²) in [5, 5.41) is 6.81. The maximum absolute atomic E-state index is 11.9. The third kappa shape index (κ3) is 3.31. The van der Waals surface area contributed by atoms with Crippen molar-refractivity contribution in [3.05, 3.63) is 46.7 Å². The van der Waals surface area contributed by atoms with Gasteiger partial charge in [-0.15, -0.1) is 0 Å². The molecular formula is C16H16N2O2S. The molecule has 2 heterocycles. The minimum atomic E-state index is -0.0293. The van der Waals surface area contributed by atoms with E-state index in [2.05, 4.69) is 5.32 Å². The van der Waals surface area contributed by atoms with Crippen LogP contribution in [0.4, 0.5) is 11.4 Å². The Hall–Kier alpha value is -2.14. The van der Waals surface area contributed by atoms with Gasteiger partial charge in [0.2, 0.25) is 11.8 Å². The van der Waals surface area contributed by atoms with Crippen molar-refractivity contribution in [3.63, 3.8) is 0 Å². The number of rotatable bonds is 4. The molecule has 0 aliphatic carbocycles. The van der Waals surface area contributed by atoms with Gasteiger partial charge in [-0.25, -0.2) is 0 Å². The summed E-state index contributed by atoms with van der Waals surface area (Å²) in [5.41, 5.74) is 2.68. The van der Waals surface area contributed by atoms with E-state index in [1.54, 1.807) is 16.2 Å². The average Bonchev–Trinajstić information content (AvgIpc) is 3.11. The topological polar surface area (TPSA) is 49.4 Å². The van der Waals surface area contributed by atoms with Crippen molar-refractivity contribution in [1.29, 1.82) is 0 Å². The monoisotopic (exact) mass is 300 g/mol. The van der Waals surface area contributed by atoms with Crippen LogP contribution in [0.25, 0.3) is 0 Å². The van der Waals surface area contributed by atoms with Gasteiger partial charge in [-0.05, 0) is 53.1 Å². The SMILES string of the molecule is O=C(Cc1ccsc1)Nc1ccc(N2CCCC2=O)cc1. The lowest BCUT2D eigenvalue weighted by Crippen LogP contribution is -2.23. The summed E-state index contributed by atoms with van der Waals surface area (Å²) in [5.74, 6) is 0.141. The third-order valence-corrected chi connectivity index (χ3v) is 4.21. The van der Waals surface area contributed by atoms with Gasteiger partial charge in [-0.2, -0.15) is 11.3 Å². The smallest absolute Gasteiger partial charge is 0.228 e.